The van der Waals surface area contributed by atoms with Gasteiger partial charge in [-0.3, -0.25) is 9.36 Å². The van der Waals surface area contributed by atoms with Crippen molar-refractivity contribution in [3.63, 3.8) is 0 Å². The molecule has 1 aromatic heterocycles. The van der Waals surface area contributed by atoms with Crippen LogP contribution in [0.4, 0.5) is 5.95 Å². The van der Waals surface area contributed by atoms with Gasteiger partial charge in [0.1, 0.15) is 5.82 Å². The molecule has 0 saturated carbocycles. The first-order chi connectivity index (χ1) is 8.02. The lowest BCUT2D eigenvalue weighted by Gasteiger charge is -2.16. The predicted molar refractivity (Wildman–Crippen MR) is 65.1 cm³/mol. The molecule has 0 amide bonds. The Bertz CT molecular complexity index is 389. The number of aromatic nitrogens is 3. The van der Waals surface area contributed by atoms with Gasteiger partial charge in [-0.1, -0.05) is 13.8 Å². The summed E-state index contributed by atoms with van der Waals surface area (Å²) in [6.45, 7) is 9.02. The average molecular weight is 240 g/mol. The molecule has 0 bridgehead atoms. The molecule has 96 valence electrons. The van der Waals surface area contributed by atoms with Crippen LogP contribution in [-0.4, -0.2) is 32.4 Å². The number of nitrogens with one attached hydrogen (secondary N) is 1. The number of carboxylic acids is 1. The molecule has 2 unspecified atom stereocenters. The van der Waals surface area contributed by atoms with Crippen LogP contribution in [0.1, 0.15) is 39.4 Å². The minimum atomic E-state index is -0.812. The van der Waals surface area contributed by atoms with Crippen molar-refractivity contribution in [2.24, 2.45) is 5.92 Å². The average Bonchev–Trinajstić information content (AvgIpc) is 2.70. The van der Waals surface area contributed by atoms with Crippen LogP contribution >= 0.6 is 0 Å². The summed E-state index contributed by atoms with van der Waals surface area (Å²) in [6, 6.07) is 0. The number of nitrogens with zero attached hydrogens (tertiary/aromatic N) is 3. The van der Waals surface area contributed by atoms with Crippen molar-refractivity contribution in [3.8, 4) is 0 Å². The molecular formula is C11H20N4O2. The van der Waals surface area contributed by atoms with Crippen LogP contribution in [-0.2, 0) is 11.3 Å². The Morgan fingerprint density at radius 3 is 2.53 bits per heavy atom. The third-order valence-electron chi connectivity index (χ3n) is 2.98. The molecule has 6 nitrogen and oxygen atoms in total. The molecule has 0 radical (unpaired) electrons. The van der Waals surface area contributed by atoms with Gasteiger partial charge in [0.25, 0.3) is 0 Å². The summed E-state index contributed by atoms with van der Waals surface area (Å²) >= 11 is 0. The molecule has 0 aliphatic carbocycles. The zero-order valence-electron chi connectivity index (χ0n) is 10.8. The molecule has 6 heteroatoms. The summed E-state index contributed by atoms with van der Waals surface area (Å²) in [5, 5.41) is 20.3. The molecule has 1 aromatic rings. The Labute approximate surface area is 101 Å². The maximum atomic E-state index is 11.0. The summed E-state index contributed by atoms with van der Waals surface area (Å²) in [7, 11) is 0. The van der Waals surface area contributed by atoms with Crippen molar-refractivity contribution in [3.05, 3.63) is 5.82 Å². The maximum Gasteiger partial charge on any atom is 0.306 e. The number of aliphatic carboxylic acids is 1. The highest BCUT2D eigenvalue weighted by Crippen LogP contribution is 2.24. The fourth-order valence-electron chi connectivity index (χ4n) is 1.69. The summed E-state index contributed by atoms with van der Waals surface area (Å²) in [5.41, 5.74) is 0. The van der Waals surface area contributed by atoms with Gasteiger partial charge in [-0.15, -0.1) is 10.2 Å². The lowest BCUT2D eigenvalue weighted by molar-refractivity contribution is -0.141. The first kappa shape index (κ1) is 13.5. The molecule has 1 heterocycles. The highest BCUT2D eigenvalue weighted by molar-refractivity contribution is 5.70. The smallest absolute Gasteiger partial charge is 0.306 e. The summed E-state index contributed by atoms with van der Waals surface area (Å²) in [5.74, 6) is -0.0210. The summed E-state index contributed by atoms with van der Waals surface area (Å²) in [4.78, 5) is 11.0. The minimum absolute atomic E-state index is 0.160. The second kappa shape index (κ2) is 5.65. The Kier molecular flexibility index (Phi) is 4.48. The van der Waals surface area contributed by atoms with Crippen LogP contribution in [0.5, 0.6) is 0 Å². The van der Waals surface area contributed by atoms with Gasteiger partial charge in [-0.05, 0) is 13.8 Å². The lowest BCUT2D eigenvalue weighted by Crippen LogP contribution is -2.20. The molecule has 2 atom stereocenters. The Balaban J connectivity index is 3.01. The number of hydrogen-bond donors (Lipinski definition) is 2. The first-order valence-corrected chi connectivity index (χ1v) is 5.92. The molecule has 0 spiro atoms. The monoisotopic (exact) mass is 240 g/mol. The molecule has 0 aliphatic heterocycles. The van der Waals surface area contributed by atoms with E-state index in [2.05, 4.69) is 15.5 Å². The number of anilines is 1. The second-order valence-electron chi connectivity index (χ2n) is 4.07. The van der Waals surface area contributed by atoms with E-state index < -0.39 is 11.9 Å². The molecule has 17 heavy (non-hydrogen) atoms. The number of hydrogen-bond acceptors (Lipinski definition) is 4. The number of rotatable bonds is 6. The zero-order chi connectivity index (χ0) is 13.0. The highest BCUT2D eigenvalue weighted by atomic mass is 16.4. The van der Waals surface area contributed by atoms with E-state index in [0.29, 0.717) is 5.95 Å². The third kappa shape index (κ3) is 2.75. The van der Waals surface area contributed by atoms with Crippen LogP contribution in [0.3, 0.4) is 0 Å². The van der Waals surface area contributed by atoms with Crippen molar-refractivity contribution >= 4 is 11.9 Å². The number of carbonyl (C=O) groups is 1. The normalized spacial score (nSPS) is 14.4. The molecule has 2 N–H and O–H groups in total. The molecule has 0 saturated heterocycles. The van der Waals surface area contributed by atoms with Crippen LogP contribution in [0.15, 0.2) is 0 Å². The SMILES string of the molecule is CCNc1nnc(C(C)C(C)C(=O)O)n1CC. The molecule has 1 rings (SSSR count). The maximum absolute atomic E-state index is 11.0. The van der Waals surface area contributed by atoms with Crippen molar-refractivity contribution in [1.82, 2.24) is 14.8 Å². The Morgan fingerprint density at radius 2 is 2.06 bits per heavy atom. The fraction of sp³-hybridized carbons (Fsp3) is 0.727. The van der Waals surface area contributed by atoms with Gasteiger partial charge in [0, 0.05) is 19.0 Å². The molecule has 0 aromatic carbocycles. The summed E-state index contributed by atoms with van der Waals surface area (Å²) in [6.07, 6.45) is 0. The quantitative estimate of drug-likeness (QED) is 0.788. The van der Waals surface area contributed by atoms with Gasteiger partial charge in [-0.2, -0.15) is 0 Å². The Morgan fingerprint density at radius 1 is 1.41 bits per heavy atom. The van der Waals surface area contributed by atoms with E-state index in [1.165, 1.54) is 0 Å². The van der Waals surface area contributed by atoms with Gasteiger partial charge < -0.3 is 10.4 Å². The van der Waals surface area contributed by atoms with E-state index in [4.69, 9.17) is 5.11 Å². The van der Waals surface area contributed by atoms with Gasteiger partial charge in [0.05, 0.1) is 5.92 Å². The molecule has 0 fully saturated rings. The molecule has 0 aliphatic rings. The second-order valence-corrected chi connectivity index (χ2v) is 4.07. The van der Waals surface area contributed by atoms with Crippen molar-refractivity contribution in [2.45, 2.75) is 40.2 Å². The highest BCUT2D eigenvalue weighted by Gasteiger charge is 2.26. The van der Waals surface area contributed by atoms with Gasteiger partial charge in [0.15, 0.2) is 0 Å². The van der Waals surface area contributed by atoms with Crippen LogP contribution in [0, 0.1) is 5.92 Å². The van der Waals surface area contributed by atoms with Gasteiger partial charge >= 0.3 is 5.97 Å². The van der Waals surface area contributed by atoms with E-state index in [0.717, 1.165) is 18.9 Å². The van der Waals surface area contributed by atoms with E-state index in [9.17, 15) is 4.79 Å². The summed E-state index contributed by atoms with van der Waals surface area (Å²) < 4.78 is 1.92. The van der Waals surface area contributed by atoms with Crippen molar-refractivity contribution in [1.29, 1.82) is 0 Å². The fourth-order valence-corrected chi connectivity index (χ4v) is 1.69. The molecular weight excluding hydrogens is 220 g/mol. The third-order valence-corrected chi connectivity index (χ3v) is 2.98. The van der Waals surface area contributed by atoms with Gasteiger partial charge in [-0.25, -0.2) is 0 Å². The van der Waals surface area contributed by atoms with Crippen LogP contribution in [0.25, 0.3) is 0 Å². The minimum Gasteiger partial charge on any atom is -0.481 e. The lowest BCUT2D eigenvalue weighted by atomic mass is 9.95. The van der Waals surface area contributed by atoms with Crippen molar-refractivity contribution in [2.75, 3.05) is 11.9 Å². The van der Waals surface area contributed by atoms with E-state index in [1.54, 1.807) is 6.92 Å². The first-order valence-electron chi connectivity index (χ1n) is 5.92. The van der Waals surface area contributed by atoms with E-state index >= 15 is 0 Å². The largest absolute Gasteiger partial charge is 0.481 e. The van der Waals surface area contributed by atoms with Crippen molar-refractivity contribution < 1.29 is 9.90 Å². The topological polar surface area (TPSA) is 80.0 Å². The zero-order valence-corrected chi connectivity index (χ0v) is 10.8. The van der Waals surface area contributed by atoms with Gasteiger partial charge in [0.2, 0.25) is 5.95 Å². The van der Waals surface area contributed by atoms with E-state index in [1.807, 2.05) is 25.3 Å². The predicted octanol–water partition coefficient (Wildman–Crippen LogP) is 1.55. The van der Waals surface area contributed by atoms with Crippen LogP contribution in [0.2, 0.25) is 0 Å². The standard InChI is InChI=1S/C11H20N4O2/c1-5-12-11-14-13-9(15(11)6-2)7(3)8(4)10(16)17/h7-8H,5-6H2,1-4H3,(H,12,14)(H,16,17). The van der Waals surface area contributed by atoms with E-state index in [-0.39, 0.29) is 5.92 Å². The van der Waals surface area contributed by atoms with Crippen LogP contribution < -0.4 is 5.32 Å². The Hall–Kier alpha value is -1.59. The number of carboxylic acid groups (broad SMARTS) is 1.